The third-order valence-electron chi connectivity index (χ3n) is 3.18. The fourth-order valence-corrected chi connectivity index (χ4v) is 2.51. The molecule has 0 bridgehead atoms. The van der Waals surface area contributed by atoms with E-state index in [1.807, 2.05) is 36.4 Å². The van der Waals surface area contributed by atoms with Gasteiger partial charge in [-0.3, -0.25) is 4.79 Å². The van der Waals surface area contributed by atoms with Gasteiger partial charge in [0.25, 0.3) is 0 Å². The summed E-state index contributed by atoms with van der Waals surface area (Å²) in [6.45, 7) is 0.384. The third-order valence-corrected chi connectivity index (χ3v) is 3.92. The lowest BCUT2D eigenvalue weighted by Gasteiger charge is -2.14. The zero-order valence-corrected chi connectivity index (χ0v) is 13.3. The predicted molar refractivity (Wildman–Crippen MR) is 85.4 cm³/mol. The van der Waals surface area contributed by atoms with Crippen LogP contribution in [0.15, 0.2) is 53.0 Å². The Kier molecular flexibility index (Phi) is 5.56. The molecule has 0 aliphatic heterocycles. The van der Waals surface area contributed by atoms with Gasteiger partial charge in [-0.1, -0.05) is 52.3 Å². The molecule has 0 heterocycles. The summed E-state index contributed by atoms with van der Waals surface area (Å²) in [5, 5.41) is 18.0. The molecule has 2 aromatic carbocycles. The Morgan fingerprint density at radius 1 is 1.23 bits per heavy atom. The van der Waals surface area contributed by atoms with Crippen molar-refractivity contribution in [1.82, 2.24) is 0 Å². The molecule has 1 atom stereocenters. The molecule has 0 amide bonds. The Labute approximate surface area is 137 Å². The highest BCUT2D eigenvalue weighted by Gasteiger charge is 2.21. The predicted octanol–water partition coefficient (Wildman–Crippen LogP) is 3.79. The molecule has 0 aromatic heterocycles. The average molecular weight is 360 g/mol. The summed E-state index contributed by atoms with van der Waals surface area (Å²) < 4.78 is 6.53. The molecule has 2 aromatic rings. The van der Waals surface area contributed by atoms with Crippen LogP contribution in [0.25, 0.3) is 0 Å². The van der Waals surface area contributed by atoms with Crippen molar-refractivity contribution in [3.63, 3.8) is 0 Å². The number of halogens is 1. The molecule has 4 nitrogen and oxygen atoms in total. The summed E-state index contributed by atoms with van der Waals surface area (Å²) >= 11 is 3.40. The standard InChI is InChI=1S/C17H14BrNO3/c18-15-7-4-8-16(14(15)9-13(10-19)17(20)21)22-11-12-5-2-1-3-6-12/h1-8,13H,9,11H2,(H,20,21). The SMILES string of the molecule is N#CC(Cc1c(Br)cccc1OCc1ccccc1)C(=O)O. The Bertz CT molecular complexity index is 695. The lowest BCUT2D eigenvalue weighted by atomic mass is 10.00. The number of carboxylic acids is 1. The Hall–Kier alpha value is -2.32. The van der Waals surface area contributed by atoms with Crippen LogP contribution < -0.4 is 4.74 Å². The van der Waals surface area contributed by atoms with Crippen molar-refractivity contribution in [1.29, 1.82) is 5.26 Å². The van der Waals surface area contributed by atoms with Crippen molar-refractivity contribution >= 4 is 21.9 Å². The Morgan fingerprint density at radius 3 is 2.59 bits per heavy atom. The monoisotopic (exact) mass is 359 g/mol. The van der Waals surface area contributed by atoms with Crippen LogP contribution in [0.3, 0.4) is 0 Å². The van der Waals surface area contributed by atoms with Crippen molar-refractivity contribution in [3.05, 3.63) is 64.1 Å². The second-order valence-electron chi connectivity index (χ2n) is 4.71. The summed E-state index contributed by atoms with van der Waals surface area (Å²) in [7, 11) is 0. The number of carboxylic acid groups (broad SMARTS) is 1. The lowest BCUT2D eigenvalue weighted by Crippen LogP contribution is -2.15. The van der Waals surface area contributed by atoms with Crippen molar-refractivity contribution in [3.8, 4) is 11.8 Å². The highest BCUT2D eigenvalue weighted by molar-refractivity contribution is 9.10. The van der Waals surface area contributed by atoms with Crippen LogP contribution in [0.2, 0.25) is 0 Å². The van der Waals surface area contributed by atoms with Gasteiger partial charge in [-0.05, 0) is 17.7 Å². The van der Waals surface area contributed by atoms with Crippen LogP contribution in [0.1, 0.15) is 11.1 Å². The van der Waals surface area contributed by atoms with Crippen molar-refractivity contribution in [2.75, 3.05) is 0 Å². The van der Waals surface area contributed by atoms with E-state index in [4.69, 9.17) is 15.1 Å². The van der Waals surface area contributed by atoms with Gasteiger partial charge < -0.3 is 9.84 Å². The quantitative estimate of drug-likeness (QED) is 0.851. The summed E-state index contributed by atoms with van der Waals surface area (Å²) in [4.78, 5) is 11.1. The molecule has 112 valence electrons. The number of ether oxygens (including phenoxy) is 1. The average Bonchev–Trinajstić information content (AvgIpc) is 2.52. The molecule has 0 aliphatic carbocycles. The zero-order valence-electron chi connectivity index (χ0n) is 11.7. The van der Waals surface area contributed by atoms with E-state index in [-0.39, 0.29) is 6.42 Å². The molecule has 0 saturated carbocycles. The summed E-state index contributed by atoms with van der Waals surface area (Å²) in [5.41, 5.74) is 1.70. The number of benzene rings is 2. The lowest BCUT2D eigenvalue weighted by molar-refractivity contribution is -0.139. The molecular weight excluding hydrogens is 346 g/mol. The number of nitrogens with zero attached hydrogens (tertiary/aromatic N) is 1. The fraction of sp³-hybridized carbons (Fsp3) is 0.176. The number of nitriles is 1. The number of aliphatic carboxylic acids is 1. The van der Waals surface area contributed by atoms with Crippen LogP contribution in [-0.4, -0.2) is 11.1 Å². The van der Waals surface area contributed by atoms with Crippen LogP contribution in [0.4, 0.5) is 0 Å². The van der Waals surface area contributed by atoms with Crippen LogP contribution in [0, 0.1) is 17.2 Å². The van der Waals surface area contributed by atoms with E-state index in [0.717, 1.165) is 10.0 Å². The Morgan fingerprint density at radius 2 is 1.95 bits per heavy atom. The zero-order chi connectivity index (χ0) is 15.9. The largest absolute Gasteiger partial charge is 0.489 e. The molecule has 0 radical (unpaired) electrons. The maximum atomic E-state index is 11.1. The van der Waals surface area contributed by atoms with Gasteiger partial charge >= 0.3 is 5.97 Å². The van der Waals surface area contributed by atoms with Crippen molar-refractivity contribution in [2.45, 2.75) is 13.0 Å². The first-order valence-corrected chi connectivity index (χ1v) is 7.47. The van der Waals surface area contributed by atoms with E-state index in [9.17, 15) is 4.79 Å². The molecular formula is C17H14BrNO3. The van der Waals surface area contributed by atoms with Gasteiger partial charge in [0.05, 0.1) is 6.07 Å². The highest BCUT2D eigenvalue weighted by Crippen LogP contribution is 2.30. The van der Waals surface area contributed by atoms with E-state index in [1.165, 1.54) is 0 Å². The molecule has 0 aliphatic rings. The molecule has 5 heteroatoms. The fourth-order valence-electron chi connectivity index (χ4n) is 2.00. The van der Waals surface area contributed by atoms with Crippen molar-refractivity contribution < 1.29 is 14.6 Å². The van der Waals surface area contributed by atoms with Gasteiger partial charge in [0.2, 0.25) is 0 Å². The van der Waals surface area contributed by atoms with Crippen LogP contribution in [0.5, 0.6) is 5.75 Å². The second-order valence-corrected chi connectivity index (χ2v) is 5.57. The Balaban J connectivity index is 2.19. The molecule has 0 spiro atoms. The maximum absolute atomic E-state index is 11.1. The van der Waals surface area contributed by atoms with Gasteiger partial charge in [-0.25, -0.2) is 0 Å². The van der Waals surface area contributed by atoms with Crippen LogP contribution >= 0.6 is 15.9 Å². The molecule has 0 saturated heterocycles. The summed E-state index contributed by atoms with van der Waals surface area (Å²) in [6.07, 6.45) is 0.0946. The van der Waals surface area contributed by atoms with Gasteiger partial charge in [0, 0.05) is 16.5 Å². The highest BCUT2D eigenvalue weighted by atomic mass is 79.9. The normalized spacial score (nSPS) is 11.5. The molecule has 0 fully saturated rings. The van der Waals surface area contributed by atoms with E-state index >= 15 is 0 Å². The molecule has 1 unspecified atom stereocenters. The van der Waals surface area contributed by atoms with Crippen LogP contribution in [-0.2, 0) is 17.8 Å². The summed E-state index contributed by atoms with van der Waals surface area (Å²) in [5.74, 6) is -1.65. The minimum Gasteiger partial charge on any atom is -0.489 e. The smallest absolute Gasteiger partial charge is 0.321 e. The first-order chi connectivity index (χ1) is 10.6. The third kappa shape index (κ3) is 4.09. The van der Waals surface area contributed by atoms with E-state index < -0.39 is 11.9 Å². The van der Waals surface area contributed by atoms with Gasteiger partial charge in [-0.15, -0.1) is 0 Å². The first kappa shape index (κ1) is 16.1. The maximum Gasteiger partial charge on any atom is 0.321 e. The topological polar surface area (TPSA) is 70.3 Å². The van der Waals surface area contributed by atoms with E-state index in [2.05, 4.69) is 15.9 Å². The molecule has 2 rings (SSSR count). The minimum atomic E-state index is -1.13. The first-order valence-electron chi connectivity index (χ1n) is 6.68. The van der Waals surface area contributed by atoms with E-state index in [1.54, 1.807) is 18.2 Å². The molecule has 1 N–H and O–H groups in total. The van der Waals surface area contributed by atoms with Gasteiger partial charge in [0.1, 0.15) is 18.3 Å². The van der Waals surface area contributed by atoms with Gasteiger partial charge in [0.15, 0.2) is 0 Å². The number of carbonyl (C=O) groups is 1. The van der Waals surface area contributed by atoms with Gasteiger partial charge in [-0.2, -0.15) is 5.26 Å². The minimum absolute atomic E-state index is 0.0946. The number of hydrogen-bond acceptors (Lipinski definition) is 3. The summed E-state index contributed by atoms with van der Waals surface area (Å²) in [6, 6.07) is 16.9. The van der Waals surface area contributed by atoms with Crippen molar-refractivity contribution in [2.24, 2.45) is 5.92 Å². The number of rotatable bonds is 6. The second kappa shape index (κ2) is 7.62. The molecule has 22 heavy (non-hydrogen) atoms. The number of hydrogen-bond donors (Lipinski definition) is 1. The van der Waals surface area contributed by atoms with E-state index in [0.29, 0.717) is 17.9 Å².